The van der Waals surface area contributed by atoms with Gasteiger partial charge in [0.15, 0.2) is 0 Å². The van der Waals surface area contributed by atoms with Crippen LogP contribution in [0.2, 0.25) is 0 Å². The summed E-state index contributed by atoms with van der Waals surface area (Å²) in [5.41, 5.74) is 5.19. The number of aliphatic hydroxyl groups is 1. The van der Waals surface area contributed by atoms with E-state index in [4.69, 9.17) is 10.8 Å². The summed E-state index contributed by atoms with van der Waals surface area (Å²) in [5.74, 6) is 0. The third-order valence-electron chi connectivity index (χ3n) is 1.69. The van der Waals surface area contributed by atoms with Crippen molar-refractivity contribution in [1.29, 1.82) is 0 Å². The van der Waals surface area contributed by atoms with Gasteiger partial charge in [-0.15, -0.1) is 0 Å². The highest BCUT2D eigenvalue weighted by Crippen LogP contribution is 2.08. The Kier molecular flexibility index (Phi) is 2.45. The number of aliphatic hydroxyl groups excluding tert-OH is 1. The highest BCUT2D eigenvalue weighted by atomic mass is 16.3. The van der Waals surface area contributed by atoms with E-state index >= 15 is 0 Å². The normalized spacial score (nSPS) is 30.7. The van der Waals surface area contributed by atoms with Crippen LogP contribution in [0.1, 0.15) is 19.3 Å². The van der Waals surface area contributed by atoms with Crippen molar-refractivity contribution in [1.82, 2.24) is 5.32 Å². The lowest BCUT2D eigenvalue weighted by atomic mass is 10.1. The van der Waals surface area contributed by atoms with Crippen LogP contribution in [0.4, 0.5) is 0 Å². The van der Waals surface area contributed by atoms with Crippen LogP contribution in [-0.4, -0.2) is 23.9 Å². The van der Waals surface area contributed by atoms with Gasteiger partial charge in [0.05, 0.1) is 0 Å². The number of rotatable bonds is 2. The lowest BCUT2D eigenvalue weighted by molar-refractivity contribution is 0.159. The van der Waals surface area contributed by atoms with Gasteiger partial charge in [-0.1, -0.05) is 0 Å². The molecule has 1 heterocycles. The van der Waals surface area contributed by atoms with Gasteiger partial charge in [-0.2, -0.15) is 0 Å². The van der Waals surface area contributed by atoms with E-state index in [1.807, 2.05) is 0 Å². The zero-order valence-electron chi connectivity index (χ0n) is 5.51. The predicted octanol–water partition coefficient (Wildman–Crippen LogP) is -0.594. The molecule has 3 nitrogen and oxygen atoms in total. The van der Waals surface area contributed by atoms with E-state index in [1.54, 1.807) is 0 Å². The van der Waals surface area contributed by atoms with Crippen molar-refractivity contribution in [3.63, 3.8) is 0 Å². The molecule has 0 saturated carbocycles. The predicted molar refractivity (Wildman–Crippen MR) is 35.8 cm³/mol. The fourth-order valence-corrected chi connectivity index (χ4v) is 1.25. The van der Waals surface area contributed by atoms with Gasteiger partial charge in [-0.25, -0.2) is 0 Å². The fourth-order valence-electron chi connectivity index (χ4n) is 1.25. The quantitative estimate of drug-likeness (QED) is 0.438. The van der Waals surface area contributed by atoms with Crippen molar-refractivity contribution in [3.8, 4) is 0 Å². The topological polar surface area (TPSA) is 58.3 Å². The zero-order valence-corrected chi connectivity index (χ0v) is 5.51. The smallest absolute Gasteiger partial charge is 0.103 e. The first-order valence-corrected chi connectivity index (χ1v) is 3.46. The molecule has 1 saturated heterocycles. The zero-order chi connectivity index (χ0) is 6.69. The second kappa shape index (κ2) is 3.15. The van der Waals surface area contributed by atoms with Crippen LogP contribution in [0.3, 0.4) is 0 Å². The average Bonchev–Trinajstić information content (AvgIpc) is 2.15. The Labute approximate surface area is 55.2 Å². The largest absolute Gasteiger partial charge is 0.379 e. The molecule has 0 radical (unpaired) electrons. The Morgan fingerprint density at radius 3 is 3.00 bits per heavy atom. The van der Waals surface area contributed by atoms with Gasteiger partial charge < -0.3 is 16.2 Å². The molecule has 0 aromatic carbocycles. The number of hydrogen-bond acceptors (Lipinski definition) is 3. The highest BCUT2D eigenvalue weighted by molar-refractivity contribution is 4.74. The maximum Gasteiger partial charge on any atom is 0.103 e. The molecule has 3 heteroatoms. The number of nitrogens with two attached hydrogens (primary N) is 1. The molecule has 4 N–H and O–H groups in total. The van der Waals surface area contributed by atoms with Crippen LogP contribution < -0.4 is 11.1 Å². The molecule has 54 valence electrons. The van der Waals surface area contributed by atoms with Crippen LogP contribution in [0, 0.1) is 0 Å². The molecule has 1 aliphatic heterocycles. The average molecular weight is 130 g/mol. The van der Waals surface area contributed by atoms with Crippen molar-refractivity contribution in [3.05, 3.63) is 0 Å². The molecule has 0 aromatic rings. The van der Waals surface area contributed by atoms with Gasteiger partial charge in [-0.3, -0.25) is 0 Å². The minimum absolute atomic E-state index is 0.463. The first-order chi connectivity index (χ1) is 4.29. The molecule has 0 bridgehead atoms. The molecule has 1 aliphatic rings. The van der Waals surface area contributed by atoms with Crippen molar-refractivity contribution in [2.45, 2.75) is 31.5 Å². The summed E-state index contributed by atoms with van der Waals surface area (Å²) < 4.78 is 0. The molecule has 0 aliphatic carbocycles. The van der Waals surface area contributed by atoms with E-state index in [-0.39, 0.29) is 0 Å². The molecule has 0 aromatic heterocycles. The molecule has 1 rings (SSSR count). The maximum atomic E-state index is 8.75. The van der Waals surface area contributed by atoms with Crippen molar-refractivity contribution in [2.75, 3.05) is 6.54 Å². The van der Waals surface area contributed by atoms with Crippen molar-refractivity contribution < 1.29 is 5.11 Å². The Morgan fingerprint density at radius 2 is 2.56 bits per heavy atom. The highest BCUT2D eigenvalue weighted by Gasteiger charge is 2.15. The van der Waals surface area contributed by atoms with Crippen molar-refractivity contribution >= 4 is 0 Å². The van der Waals surface area contributed by atoms with Crippen LogP contribution in [0.15, 0.2) is 0 Å². The Balaban J connectivity index is 2.11. The van der Waals surface area contributed by atoms with Gasteiger partial charge in [0.1, 0.15) is 6.23 Å². The number of nitrogens with one attached hydrogen (secondary N) is 1. The molecule has 2 unspecified atom stereocenters. The Bertz CT molecular complexity index is 79.1. The van der Waals surface area contributed by atoms with Gasteiger partial charge in [0, 0.05) is 12.5 Å². The SMILES string of the molecule is NC(O)CC1CCCN1. The lowest BCUT2D eigenvalue weighted by Crippen LogP contribution is -2.31. The van der Waals surface area contributed by atoms with Gasteiger partial charge >= 0.3 is 0 Å². The van der Waals surface area contributed by atoms with E-state index in [9.17, 15) is 0 Å². The molecule has 0 spiro atoms. The first kappa shape index (κ1) is 6.99. The van der Waals surface area contributed by atoms with E-state index in [0.717, 1.165) is 13.0 Å². The summed E-state index contributed by atoms with van der Waals surface area (Å²) in [4.78, 5) is 0. The van der Waals surface area contributed by atoms with E-state index in [2.05, 4.69) is 5.32 Å². The second-order valence-electron chi connectivity index (χ2n) is 2.60. The third kappa shape index (κ3) is 2.30. The Morgan fingerprint density at radius 1 is 1.78 bits per heavy atom. The summed E-state index contributed by atoms with van der Waals surface area (Å²) in [6.45, 7) is 1.08. The molecule has 2 atom stereocenters. The first-order valence-electron chi connectivity index (χ1n) is 3.46. The third-order valence-corrected chi connectivity index (χ3v) is 1.69. The summed E-state index contributed by atoms with van der Waals surface area (Å²) in [6, 6.07) is 0.463. The standard InChI is InChI=1S/C6H14N2O/c7-6(9)4-5-2-1-3-8-5/h5-6,8-9H,1-4,7H2. The summed E-state index contributed by atoms with van der Waals surface area (Å²) in [7, 11) is 0. The molecule has 1 fully saturated rings. The second-order valence-corrected chi connectivity index (χ2v) is 2.60. The lowest BCUT2D eigenvalue weighted by Gasteiger charge is -2.10. The van der Waals surface area contributed by atoms with E-state index < -0.39 is 6.23 Å². The number of hydrogen-bond donors (Lipinski definition) is 3. The molecular formula is C6H14N2O. The van der Waals surface area contributed by atoms with Gasteiger partial charge in [0.2, 0.25) is 0 Å². The summed E-state index contributed by atoms with van der Waals surface area (Å²) in [6.07, 6.45) is 2.44. The monoisotopic (exact) mass is 130 g/mol. The molecule has 0 amide bonds. The molecule has 9 heavy (non-hydrogen) atoms. The maximum absolute atomic E-state index is 8.75. The molecular weight excluding hydrogens is 116 g/mol. The van der Waals surface area contributed by atoms with Crippen LogP contribution in [-0.2, 0) is 0 Å². The van der Waals surface area contributed by atoms with Crippen molar-refractivity contribution in [2.24, 2.45) is 5.73 Å². The fraction of sp³-hybridized carbons (Fsp3) is 1.00. The Hall–Kier alpha value is -0.120. The van der Waals surface area contributed by atoms with Crippen LogP contribution in [0.5, 0.6) is 0 Å². The van der Waals surface area contributed by atoms with Gasteiger partial charge in [-0.05, 0) is 19.4 Å². The van der Waals surface area contributed by atoms with Crippen LogP contribution in [0.25, 0.3) is 0 Å². The minimum atomic E-state index is -0.638. The summed E-state index contributed by atoms with van der Waals surface area (Å²) >= 11 is 0. The van der Waals surface area contributed by atoms with E-state index in [0.29, 0.717) is 12.5 Å². The van der Waals surface area contributed by atoms with Gasteiger partial charge in [0.25, 0.3) is 0 Å². The minimum Gasteiger partial charge on any atom is -0.379 e. The summed E-state index contributed by atoms with van der Waals surface area (Å²) in [5, 5.41) is 12.0. The van der Waals surface area contributed by atoms with E-state index in [1.165, 1.54) is 6.42 Å². The van der Waals surface area contributed by atoms with Crippen LogP contribution >= 0.6 is 0 Å².